The van der Waals surface area contributed by atoms with Crippen LogP contribution >= 0.6 is 22.6 Å². The summed E-state index contributed by atoms with van der Waals surface area (Å²) in [6.45, 7) is 3.04. The molecule has 1 atom stereocenters. The van der Waals surface area contributed by atoms with E-state index in [1.807, 2.05) is 17.0 Å². The van der Waals surface area contributed by atoms with Gasteiger partial charge in [0.1, 0.15) is 0 Å². The Balaban J connectivity index is 2.19. The molecule has 0 saturated carbocycles. The average molecular weight is 315 g/mol. The van der Waals surface area contributed by atoms with Crippen LogP contribution in [0.4, 0.5) is 5.69 Å². The number of benzene rings is 1. The molecule has 1 heterocycles. The zero-order valence-corrected chi connectivity index (χ0v) is 10.9. The van der Waals surface area contributed by atoms with Crippen molar-refractivity contribution in [1.82, 2.24) is 0 Å². The summed E-state index contributed by atoms with van der Waals surface area (Å²) in [5, 5.41) is 0. The molecule has 1 aliphatic rings. The van der Waals surface area contributed by atoms with Gasteiger partial charge in [0.25, 0.3) is 0 Å². The first-order valence-corrected chi connectivity index (χ1v) is 6.47. The van der Waals surface area contributed by atoms with E-state index in [1.165, 1.54) is 5.56 Å². The third-order valence-electron chi connectivity index (χ3n) is 2.74. The van der Waals surface area contributed by atoms with Gasteiger partial charge in [0.15, 0.2) is 0 Å². The number of alkyl halides is 1. The smallest absolute Gasteiger partial charge is 0.227 e. The molecule has 1 saturated heterocycles. The molecule has 1 amide bonds. The van der Waals surface area contributed by atoms with Gasteiger partial charge in [-0.2, -0.15) is 0 Å². The highest BCUT2D eigenvalue weighted by Crippen LogP contribution is 2.26. The summed E-state index contributed by atoms with van der Waals surface area (Å²) in [5.41, 5.74) is 2.35. The minimum Gasteiger partial charge on any atom is -0.312 e. The molecule has 1 fully saturated rings. The maximum atomic E-state index is 11.5. The van der Waals surface area contributed by atoms with Crippen LogP contribution in [0, 0.1) is 0 Å². The molecule has 15 heavy (non-hydrogen) atoms. The quantitative estimate of drug-likeness (QED) is 0.606. The lowest BCUT2D eigenvalue weighted by molar-refractivity contribution is -0.117. The fourth-order valence-electron chi connectivity index (χ4n) is 1.84. The predicted molar refractivity (Wildman–Crippen MR) is 70.5 cm³/mol. The van der Waals surface area contributed by atoms with Crippen molar-refractivity contribution >= 4 is 34.2 Å². The second-order valence-electron chi connectivity index (χ2n) is 3.86. The second-order valence-corrected chi connectivity index (χ2v) is 5.72. The highest BCUT2D eigenvalue weighted by Gasteiger charge is 2.21. The lowest BCUT2D eigenvalue weighted by atomic mass is 10.1. The van der Waals surface area contributed by atoms with E-state index in [0.29, 0.717) is 10.3 Å². The first-order chi connectivity index (χ1) is 7.18. The Bertz CT molecular complexity index is 358. The molecule has 0 spiro atoms. The summed E-state index contributed by atoms with van der Waals surface area (Å²) in [6, 6.07) is 8.32. The molecular weight excluding hydrogens is 301 g/mol. The average Bonchev–Trinajstić information content (AvgIpc) is 2.65. The number of hydrogen-bond acceptors (Lipinski definition) is 1. The van der Waals surface area contributed by atoms with Crippen LogP contribution in [0.1, 0.15) is 29.3 Å². The van der Waals surface area contributed by atoms with E-state index in [1.54, 1.807) is 0 Å². The molecule has 2 nitrogen and oxygen atoms in total. The van der Waals surface area contributed by atoms with Crippen LogP contribution < -0.4 is 4.90 Å². The van der Waals surface area contributed by atoms with E-state index in [-0.39, 0.29) is 5.91 Å². The van der Waals surface area contributed by atoms with Crippen molar-refractivity contribution in [3.63, 3.8) is 0 Å². The van der Waals surface area contributed by atoms with E-state index in [2.05, 4.69) is 41.6 Å². The van der Waals surface area contributed by atoms with E-state index >= 15 is 0 Å². The Kier molecular flexibility index (Phi) is 3.29. The van der Waals surface area contributed by atoms with Crippen LogP contribution in [0.25, 0.3) is 0 Å². The van der Waals surface area contributed by atoms with Crippen LogP contribution in [0.2, 0.25) is 0 Å². The standard InChI is InChI=1S/C12H14INO/c1-9(13)10-4-6-11(7-5-10)14-8-2-3-12(14)15/h4-7,9H,2-3,8H2,1H3. The fraction of sp³-hybridized carbons (Fsp3) is 0.417. The molecule has 80 valence electrons. The van der Waals surface area contributed by atoms with Gasteiger partial charge in [-0.1, -0.05) is 34.7 Å². The van der Waals surface area contributed by atoms with Gasteiger partial charge in [-0.3, -0.25) is 4.79 Å². The van der Waals surface area contributed by atoms with Crippen molar-refractivity contribution in [1.29, 1.82) is 0 Å². The van der Waals surface area contributed by atoms with Crippen molar-refractivity contribution in [3.05, 3.63) is 29.8 Å². The summed E-state index contributed by atoms with van der Waals surface area (Å²) in [6.07, 6.45) is 1.69. The topological polar surface area (TPSA) is 20.3 Å². The van der Waals surface area contributed by atoms with E-state index < -0.39 is 0 Å². The van der Waals surface area contributed by atoms with Gasteiger partial charge < -0.3 is 4.90 Å². The van der Waals surface area contributed by atoms with Crippen molar-refractivity contribution in [2.75, 3.05) is 11.4 Å². The molecule has 1 aliphatic heterocycles. The first-order valence-electron chi connectivity index (χ1n) is 5.23. The van der Waals surface area contributed by atoms with Gasteiger partial charge in [0.05, 0.1) is 0 Å². The maximum absolute atomic E-state index is 11.5. The number of hydrogen-bond donors (Lipinski definition) is 0. The second kappa shape index (κ2) is 4.51. The number of nitrogens with zero attached hydrogens (tertiary/aromatic N) is 1. The van der Waals surface area contributed by atoms with E-state index in [4.69, 9.17) is 0 Å². The van der Waals surface area contributed by atoms with Crippen LogP contribution in [0.3, 0.4) is 0 Å². The fourth-order valence-corrected chi connectivity index (χ4v) is 2.26. The minimum atomic E-state index is 0.255. The number of anilines is 1. The predicted octanol–water partition coefficient (Wildman–Crippen LogP) is 3.31. The van der Waals surface area contributed by atoms with Gasteiger partial charge in [0.2, 0.25) is 5.91 Å². The van der Waals surface area contributed by atoms with Gasteiger partial charge in [0, 0.05) is 22.6 Å². The number of amides is 1. The zero-order chi connectivity index (χ0) is 10.8. The lowest BCUT2D eigenvalue weighted by Crippen LogP contribution is -2.23. The SMILES string of the molecule is CC(I)c1ccc(N2CCCC2=O)cc1. The molecular formula is C12H14INO. The third kappa shape index (κ3) is 2.33. The normalized spacial score (nSPS) is 18.3. The number of rotatable bonds is 2. The van der Waals surface area contributed by atoms with E-state index in [0.717, 1.165) is 18.7 Å². The molecule has 0 aromatic heterocycles. The Hall–Kier alpha value is -0.580. The van der Waals surface area contributed by atoms with Crippen LogP contribution in [0.15, 0.2) is 24.3 Å². The number of carbonyl (C=O) groups excluding carboxylic acids is 1. The van der Waals surface area contributed by atoms with Crippen LogP contribution in [-0.2, 0) is 4.79 Å². The maximum Gasteiger partial charge on any atom is 0.227 e. The summed E-state index contributed by atoms with van der Waals surface area (Å²) in [5.74, 6) is 0.255. The highest BCUT2D eigenvalue weighted by atomic mass is 127. The molecule has 1 aromatic carbocycles. The third-order valence-corrected chi connectivity index (χ3v) is 3.46. The Labute approximate surface area is 104 Å². The molecule has 0 aliphatic carbocycles. The van der Waals surface area contributed by atoms with Crippen molar-refractivity contribution < 1.29 is 4.79 Å². The molecule has 3 heteroatoms. The largest absolute Gasteiger partial charge is 0.312 e. The van der Waals surface area contributed by atoms with Crippen LogP contribution in [0.5, 0.6) is 0 Å². The van der Waals surface area contributed by atoms with Gasteiger partial charge >= 0.3 is 0 Å². The summed E-state index contributed by atoms with van der Waals surface area (Å²) in [7, 11) is 0. The minimum absolute atomic E-state index is 0.255. The Morgan fingerprint density at radius 1 is 1.33 bits per heavy atom. The van der Waals surface area contributed by atoms with Crippen molar-refractivity contribution in [2.45, 2.75) is 23.7 Å². The summed E-state index contributed by atoms with van der Waals surface area (Å²) >= 11 is 2.39. The number of halogens is 1. The Morgan fingerprint density at radius 2 is 2.00 bits per heavy atom. The molecule has 2 rings (SSSR count). The van der Waals surface area contributed by atoms with Gasteiger partial charge in [-0.15, -0.1) is 0 Å². The molecule has 0 N–H and O–H groups in total. The summed E-state index contributed by atoms with van der Waals surface area (Å²) in [4.78, 5) is 13.4. The summed E-state index contributed by atoms with van der Waals surface area (Å²) < 4.78 is 0.519. The van der Waals surface area contributed by atoms with E-state index in [9.17, 15) is 4.79 Å². The molecule has 1 aromatic rings. The van der Waals surface area contributed by atoms with Crippen molar-refractivity contribution in [2.24, 2.45) is 0 Å². The molecule has 0 radical (unpaired) electrons. The first kappa shape index (κ1) is 10.9. The highest BCUT2D eigenvalue weighted by molar-refractivity contribution is 14.1. The Morgan fingerprint density at radius 3 is 2.47 bits per heavy atom. The van der Waals surface area contributed by atoms with Crippen LogP contribution in [-0.4, -0.2) is 12.5 Å². The van der Waals surface area contributed by atoms with Gasteiger partial charge in [-0.05, 0) is 31.0 Å². The monoisotopic (exact) mass is 315 g/mol. The molecule has 1 unspecified atom stereocenters. The van der Waals surface area contributed by atoms with Gasteiger partial charge in [-0.25, -0.2) is 0 Å². The molecule has 0 bridgehead atoms. The lowest BCUT2D eigenvalue weighted by Gasteiger charge is -2.16. The zero-order valence-electron chi connectivity index (χ0n) is 8.74. The van der Waals surface area contributed by atoms with Crippen molar-refractivity contribution in [3.8, 4) is 0 Å². The number of carbonyl (C=O) groups is 1.